The van der Waals surface area contributed by atoms with Gasteiger partial charge in [-0.1, -0.05) is 38.1 Å². The summed E-state index contributed by atoms with van der Waals surface area (Å²) in [4.78, 5) is 9.90. The Kier molecular flexibility index (Phi) is 9.43. The van der Waals surface area contributed by atoms with Crippen molar-refractivity contribution in [3.8, 4) is 0 Å². The van der Waals surface area contributed by atoms with Gasteiger partial charge in [-0.3, -0.25) is 4.90 Å². The predicted octanol–water partition coefficient (Wildman–Crippen LogP) is 3.12. The van der Waals surface area contributed by atoms with Crippen LogP contribution in [0.3, 0.4) is 0 Å². The van der Waals surface area contributed by atoms with E-state index in [0.29, 0.717) is 19.3 Å². The van der Waals surface area contributed by atoms with Gasteiger partial charge in [-0.2, -0.15) is 0 Å². The second kappa shape index (κ2) is 12.3. The van der Waals surface area contributed by atoms with Crippen molar-refractivity contribution in [1.82, 2.24) is 15.1 Å². The number of hydrogen-bond acceptors (Lipinski definition) is 4. The molecule has 0 bridgehead atoms. The minimum atomic E-state index is 0.329. The molecule has 6 nitrogen and oxygen atoms in total. The van der Waals surface area contributed by atoms with Gasteiger partial charge in [0.2, 0.25) is 0 Å². The number of hydrogen-bond donors (Lipinski definition) is 1. The lowest BCUT2D eigenvalue weighted by atomic mass is 10.1. The molecule has 1 N–H and O–H groups in total. The zero-order valence-corrected chi connectivity index (χ0v) is 19.1. The fraction of sp³-hybridized carbons (Fsp3) is 0.708. The Morgan fingerprint density at radius 1 is 1.17 bits per heavy atom. The third-order valence-corrected chi connectivity index (χ3v) is 5.69. The average molecular weight is 417 g/mol. The molecule has 6 heteroatoms. The maximum absolute atomic E-state index is 6.08. The van der Waals surface area contributed by atoms with E-state index in [4.69, 9.17) is 14.5 Å². The first-order valence-corrected chi connectivity index (χ1v) is 11.7. The lowest BCUT2D eigenvalue weighted by Crippen LogP contribution is -2.53. The smallest absolute Gasteiger partial charge is 0.194 e. The number of rotatable bonds is 8. The zero-order chi connectivity index (χ0) is 21.2. The molecule has 0 radical (unpaired) electrons. The van der Waals surface area contributed by atoms with E-state index in [1.165, 1.54) is 17.7 Å². The Balaban J connectivity index is 1.53. The van der Waals surface area contributed by atoms with Crippen LogP contribution in [0.25, 0.3) is 0 Å². The quantitative estimate of drug-likeness (QED) is 0.521. The maximum atomic E-state index is 6.08. The second-order valence-electron chi connectivity index (χ2n) is 8.79. The summed E-state index contributed by atoms with van der Waals surface area (Å²) in [5.74, 6) is 1.76. The van der Waals surface area contributed by atoms with Gasteiger partial charge in [-0.05, 0) is 36.8 Å². The molecule has 0 aliphatic carbocycles. The monoisotopic (exact) mass is 416 g/mol. The van der Waals surface area contributed by atoms with Gasteiger partial charge in [0.15, 0.2) is 5.96 Å². The molecule has 0 aromatic heterocycles. The summed E-state index contributed by atoms with van der Waals surface area (Å²) in [5.41, 5.74) is 2.46. The summed E-state index contributed by atoms with van der Waals surface area (Å²) >= 11 is 0. The largest absolute Gasteiger partial charge is 0.381 e. The molecule has 0 saturated carbocycles. The average Bonchev–Trinajstić information content (AvgIpc) is 2.76. The van der Waals surface area contributed by atoms with Crippen molar-refractivity contribution in [3.05, 3.63) is 35.4 Å². The van der Waals surface area contributed by atoms with Crippen LogP contribution in [0.2, 0.25) is 0 Å². The first kappa shape index (κ1) is 23.0. The molecule has 1 aromatic carbocycles. The molecule has 168 valence electrons. The molecular formula is C24H40N4O2. The summed E-state index contributed by atoms with van der Waals surface area (Å²) in [6.07, 6.45) is 2.33. The van der Waals surface area contributed by atoms with E-state index in [1.54, 1.807) is 0 Å². The Bertz CT molecular complexity index is 650. The summed E-state index contributed by atoms with van der Waals surface area (Å²) in [5, 5.41) is 3.48. The highest BCUT2D eigenvalue weighted by Crippen LogP contribution is 2.15. The Morgan fingerprint density at radius 3 is 2.60 bits per heavy atom. The standard InChI is InChI=1S/C24H40N4O2/c1-4-25-24(28-12-10-27(11-13-28)18-20(2)3)26-17-21-6-5-7-22(16-21)19-30-23-8-14-29-15-9-23/h5-7,16,20,23H,4,8-15,17-19H2,1-3H3,(H,25,26). The number of nitrogens with zero attached hydrogens (tertiary/aromatic N) is 3. The van der Waals surface area contributed by atoms with Crippen molar-refractivity contribution >= 4 is 5.96 Å². The minimum Gasteiger partial charge on any atom is -0.381 e. The van der Waals surface area contributed by atoms with E-state index in [9.17, 15) is 0 Å². The van der Waals surface area contributed by atoms with Crippen molar-refractivity contribution < 1.29 is 9.47 Å². The van der Waals surface area contributed by atoms with Gasteiger partial charge in [0, 0.05) is 52.5 Å². The highest BCUT2D eigenvalue weighted by Gasteiger charge is 2.20. The minimum absolute atomic E-state index is 0.329. The normalized spacial score (nSPS) is 19.5. The van der Waals surface area contributed by atoms with Crippen LogP contribution in [0, 0.1) is 5.92 Å². The van der Waals surface area contributed by atoms with Crippen LogP contribution in [-0.4, -0.2) is 74.3 Å². The van der Waals surface area contributed by atoms with Gasteiger partial charge in [-0.25, -0.2) is 4.99 Å². The van der Waals surface area contributed by atoms with E-state index in [1.807, 2.05) is 0 Å². The number of guanidine groups is 1. The van der Waals surface area contributed by atoms with Crippen LogP contribution >= 0.6 is 0 Å². The molecule has 0 atom stereocenters. The molecular weight excluding hydrogens is 376 g/mol. The Morgan fingerprint density at radius 2 is 1.90 bits per heavy atom. The highest BCUT2D eigenvalue weighted by molar-refractivity contribution is 5.80. The number of benzene rings is 1. The third-order valence-electron chi connectivity index (χ3n) is 5.69. The van der Waals surface area contributed by atoms with Crippen LogP contribution < -0.4 is 5.32 Å². The predicted molar refractivity (Wildman–Crippen MR) is 123 cm³/mol. The van der Waals surface area contributed by atoms with Crippen molar-refractivity contribution in [2.45, 2.75) is 52.9 Å². The molecule has 0 amide bonds. The molecule has 2 fully saturated rings. The van der Waals surface area contributed by atoms with Crippen LogP contribution in [0.15, 0.2) is 29.3 Å². The van der Waals surface area contributed by atoms with Gasteiger partial charge < -0.3 is 19.7 Å². The van der Waals surface area contributed by atoms with Gasteiger partial charge >= 0.3 is 0 Å². The first-order valence-electron chi connectivity index (χ1n) is 11.7. The zero-order valence-electron chi connectivity index (χ0n) is 19.1. The van der Waals surface area contributed by atoms with Gasteiger partial charge in [-0.15, -0.1) is 0 Å². The van der Waals surface area contributed by atoms with Crippen LogP contribution in [0.5, 0.6) is 0 Å². The molecule has 0 unspecified atom stereocenters. The topological polar surface area (TPSA) is 49.3 Å². The van der Waals surface area contributed by atoms with Crippen molar-refractivity contribution in [1.29, 1.82) is 0 Å². The lowest BCUT2D eigenvalue weighted by Gasteiger charge is -2.37. The van der Waals surface area contributed by atoms with E-state index in [2.05, 4.69) is 60.2 Å². The Labute approximate surface area is 182 Å². The number of nitrogens with one attached hydrogen (secondary N) is 1. The van der Waals surface area contributed by atoms with Gasteiger partial charge in [0.05, 0.1) is 19.3 Å². The molecule has 2 saturated heterocycles. The molecule has 3 rings (SSSR count). The second-order valence-corrected chi connectivity index (χ2v) is 8.79. The van der Waals surface area contributed by atoms with E-state index < -0.39 is 0 Å². The maximum Gasteiger partial charge on any atom is 0.194 e. The van der Waals surface area contributed by atoms with Crippen molar-refractivity contribution in [2.75, 3.05) is 52.5 Å². The molecule has 30 heavy (non-hydrogen) atoms. The van der Waals surface area contributed by atoms with E-state index in [-0.39, 0.29) is 0 Å². The SMILES string of the molecule is CCNC(=NCc1cccc(COC2CCOCC2)c1)N1CCN(CC(C)C)CC1. The number of piperazine rings is 1. The molecule has 2 heterocycles. The number of ether oxygens (including phenoxy) is 2. The number of aliphatic imine (C=N–C) groups is 1. The van der Waals surface area contributed by atoms with Crippen molar-refractivity contribution in [2.24, 2.45) is 10.9 Å². The molecule has 1 aromatic rings. The summed E-state index contributed by atoms with van der Waals surface area (Å²) in [6, 6.07) is 8.65. The van der Waals surface area contributed by atoms with E-state index >= 15 is 0 Å². The Hall–Kier alpha value is -1.63. The highest BCUT2D eigenvalue weighted by atomic mass is 16.5. The molecule has 2 aliphatic heterocycles. The lowest BCUT2D eigenvalue weighted by molar-refractivity contribution is -0.0390. The third kappa shape index (κ3) is 7.56. The van der Waals surface area contributed by atoms with Crippen molar-refractivity contribution in [3.63, 3.8) is 0 Å². The summed E-state index contributed by atoms with van der Waals surface area (Å²) in [6.45, 7) is 16.1. The first-order chi connectivity index (χ1) is 14.6. The van der Waals surface area contributed by atoms with Gasteiger partial charge in [0.25, 0.3) is 0 Å². The fourth-order valence-electron chi connectivity index (χ4n) is 4.13. The summed E-state index contributed by atoms with van der Waals surface area (Å²) in [7, 11) is 0. The van der Waals surface area contributed by atoms with Gasteiger partial charge in [0.1, 0.15) is 0 Å². The molecule has 2 aliphatic rings. The van der Waals surface area contributed by atoms with Crippen LogP contribution in [-0.2, 0) is 22.6 Å². The fourth-order valence-corrected chi connectivity index (χ4v) is 4.13. The van der Waals surface area contributed by atoms with Crippen LogP contribution in [0.1, 0.15) is 44.7 Å². The molecule has 0 spiro atoms. The summed E-state index contributed by atoms with van der Waals surface area (Å²) < 4.78 is 11.5. The van der Waals surface area contributed by atoms with E-state index in [0.717, 1.165) is 70.7 Å². The van der Waals surface area contributed by atoms with Crippen LogP contribution in [0.4, 0.5) is 0 Å².